The van der Waals surface area contributed by atoms with Crippen LogP contribution in [0.15, 0.2) is 24.5 Å². The largest absolute Gasteiger partial charge is 0.444 e. The van der Waals surface area contributed by atoms with E-state index in [-0.39, 0.29) is 17.4 Å². The Balaban J connectivity index is 1.48. The number of hydrogen-bond acceptors (Lipinski definition) is 4. The van der Waals surface area contributed by atoms with Crippen LogP contribution < -0.4 is 0 Å². The molecule has 2 aliphatic rings. The second-order valence-corrected chi connectivity index (χ2v) is 7.74. The zero-order chi connectivity index (χ0) is 16.0. The Bertz CT molecular complexity index is 539. The van der Waals surface area contributed by atoms with Crippen molar-refractivity contribution in [2.75, 3.05) is 13.1 Å². The van der Waals surface area contributed by atoms with Crippen molar-refractivity contribution in [3.8, 4) is 0 Å². The number of nitrogens with zero attached hydrogens (tertiary/aromatic N) is 2. The van der Waals surface area contributed by atoms with E-state index < -0.39 is 11.7 Å². The van der Waals surface area contributed by atoms with Crippen molar-refractivity contribution in [1.29, 1.82) is 0 Å². The molecule has 1 atom stereocenters. The fourth-order valence-electron chi connectivity index (χ4n) is 3.58. The molecule has 5 nitrogen and oxygen atoms in total. The molecule has 1 aromatic rings. The summed E-state index contributed by atoms with van der Waals surface area (Å²) >= 11 is 0. The molecule has 1 saturated heterocycles. The minimum atomic E-state index is -0.449. The minimum Gasteiger partial charge on any atom is -0.444 e. The maximum atomic E-state index is 12.0. The van der Waals surface area contributed by atoms with Crippen LogP contribution in [0.2, 0.25) is 0 Å². The van der Waals surface area contributed by atoms with Gasteiger partial charge in [-0.25, -0.2) is 4.79 Å². The lowest BCUT2D eigenvalue weighted by Crippen LogP contribution is -2.64. The molecule has 1 aromatic heterocycles. The van der Waals surface area contributed by atoms with Crippen LogP contribution in [0, 0.1) is 11.3 Å². The lowest BCUT2D eigenvalue weighted by molar-refractivity contribution is -0.123. The van der Waals surface area contributed by atoms with Gasteiger partial charge in [0.1, 0.15) is 5.60 Å². The van der Waals surface area contributed by atoms with Crippen LogP contribution >= 0.6 is 0 Å². The summed E-state index contributed by atoms with van der Waals surface area (Å²) < 4.78 is 5.38. The Hall–Kier alpha value is -1.62. The number of carbonyl (C=O) groups is 1. The van der Waals surface area contributed by atoms with Crippen molar-refractivity contribution in [2.45, 2.75) is 45.3 Å². The van der Waals surface area contributed by atoms with Gasteiger partial charge >= 0.3 is 6.09 Å². The smallest absolute Gasteiger partial charge is 0.410 e. The number of aliphatic hydroxyl groups excluding tert-OH is 1. The highest BCUT2D eigenvalue weighted by molar-refractivity contribution is 5.69. The van der Waals surface area contributed by atoms with E-state index in [2.05, 4.69) is 4.98 Å². The van der Waals surface area contributed by atoms with Crippen molar-refractivity contribution in [2.24, 2.45) is 11.3 Å². The Morgan fingerprint density at radius 1 is 1.45 bits per heavy atom. The summed E-state index contributed by atoms with van der Waals surface area (Å²) in [4.78, 5) is 17.8. The van der Waals surface area contributed by atoms with Gasteiger partial charge in [0.15, 0.2) is 0 Å². The van der Waals surface area contributed by atoms with Crippen LogP contribution in [0.4, 0.5) is 4.79 Å². The lowest BCUT2D eigenvalue weighted by Gasteiger charge is -2.59. The van der Waals surface area contributed by atoms with Crippen molar-refractivity contribution in [3.05, 3.63) is 30.1 Å². The molecule has 0 radical (unpaired) electrons. The van der Waals surface area contributed by atoms with Gasteiger partial charge in [-0.15, -0.1) is 0 Å². The molecule has 2 heterocycles. The summed E-state index contributed by atoms with van der Waals surface area (Å²) in [5.41, 5.74) is 0.633. The average Bonchev–Trinajstić information content (AvgIpc) is 2.34. The maximum Gasteiger partial charge on any atom is 0.410 e. The predicted octanol–water partition coefficient (Wildman–Crippen LogP) is 2.76. The highest BCUT2D eigenvalue weighted by atomic mass is 16.6. The van der Waals surface area contributed by atoms with Crippen LogP contribution in [0.25, 0.3) is 0 Å². The first-order valence-corrected chi connectivity index (χ1v) is 7.84. The van der Waals surface area contributed by atoms with Crippen LogP contribution in [-0.2, 0) is 4.74 Å². The molecule has 0 unspecified atom stereocenters. The molecule has 0 bridgehead atoms. The van der Waals surface area contributed by atoms with Gasteiger partial charge in [-0.05, 0) is 51.2 Å². The van der Waals surface area contributed by atoms with Gasteiger partial charge in [-0.3, -0.25) is 4.98 Å². The number of amides is 1. The molecule has 1 amide bonds. The van der Waals surface area contributed by atoms with Crippen molar-refractivity contribution < 1.29 is 14.6 Å². The van der Waals surface area contributed by atoms with Gasteiger partial charge in [-0.1, -0.05) is 6.07 Å². The number of carbonyl (C=O) groups excluding carboxylic acids is 1. The molecular formula is C17H24N2O3. The standard InChI is InChI=1S/C17H24N2O3/c1-16(2,3)22-15(21)19-10-17(11-19)7-13(8-17)14(20)12-5-4-6-18-9-12/h4-6,9,13-14,20H,7-8,10-11H2,1-3H3/t14-/m1/s1. The van der Waals surface area contributed by atoms with Gasteiger partial charge in [0.2, 0.25) is 0 Å². The van der Waals surface area contributed by atoms with Crippen LogP contribution in [0.3, 0.4) is 0 Å². The van der Waals surface area contributed by atoms with E-state index >= 15 is 0 Å². The fraction of sp³-hybridized carbons (Fsp3) is 0.647. The molecule has 22 heavy (non-hydrogen) atoms. The van der Waals surface area contributed by atoms with E-state index in [4.69, 9.17) is 4.74 Å². The van der Waals surface area contributed by atoms with Gasteiger partial charge in [-0.2, -0.15) is 0 Å². The number of ether oxygens (including phenoxy) is 1. The van der Waals surface area contributed by atoms with Crippen LogP contribution in [0.5, 0.6) is 0 Å². The number of pyridine rings is 1. The van der Waals surface area contributed by atoms with Crippen molar-refractivity contribution in [1.82, 2.24) is 9.88 Å². The Kier molecular flexibility index (Phi) is 3.63. The van der Waals surface area contributed by atoms with Gasteiger partial charge in [0, 0.05) is 30.9 Å². The highest BCUT2D eigenvalue weighted by Crippen LogP contribution is 2.55. The molecule has 1 N–H and O–H groups in total. The number of aromatic nitrogens is 1. The topological polar surface area (TPSA) is 62.7 Å². The van der Waals surface area contributed by atoms with Crippen molar-refractivity contribution >= 4 is 6.09 Å². The second kappa shape index (κ2) is 5.23. The van der Waals surface area contributed by atoms with Crippen LogP contribution in [0.1, 0.15) is 45.3 Å². The Morgan fingerprint density at radius 3 is 2.68 bits per heavy atom. The lowest BCUT2D eigenvalue weighted by atomic mass is 9.56. The molecule has 3 rings (SSSR count). The number of likely N-dealkylation sites (tertiary alicyclic amines) is 1. The van der Waals surface area contributed by atoms with E-state index in [0.29, 0.717) is 0 Å². The molecule has 1 saturated carbocycles. The van der Waals surface area contributed by atoms with Crippen molar-refractivity contribution in [3.63, 3.8) is 0 Å². The molecule has 1 aliphatic heterocycles. The predicted molar refractivity (Wildman–Crippen MR) is 82.2 cm³/mol. The van der Waals surface area contributed by atoms with E-state index in [9.17, 15) is 9.90 Å². The SMILES string of the molecule is CC(C)(C)OC(=O)N1CC2(CC([C@H](O)c3cccnc3)C2)C1. The third-order valence-corrected chi connectivity index (χ3v) is 4.57. The monoisotopic (exact) mass is 304 g/mol. The second-order valence-electron chi connectivity index (χ2n) is 7.74. The zero-order valence-corrected chi connectivity index (χ0v) is 13.5. The maximum absolute atomic E-state index is 12.0. The zero-order valence-electron chi connectivity index (χ0n) is 13.5. The van der Waals surface area contributed by atoms with E-state index in [1.165, 1.54) is 0 Å². The fourth-order valence-corrected chi connectivity index (χ4v) is 3.58. The summed E-state index contributed by atoms with van der Waals surface area (Å²) in [5, 5.41) is 10.4. The normalized spacial score (nSPS) is 21.9. The third-order valence-electron chi connectivity index (χ3n) is 4.57. The van der Waals surface area contributed by atoms with E-state index in [0.717, 1.165) is 31.5 Å². The summed E-state index contributed by atoms with van der Waals surface area (Å²) in [6, 6.07) is 3.76. The van der Waals surface area contributed by atoms with Gasteiger partial charge < -0.3 is 14.7 Å². The summed E-state index contributed by atoms with van der Waals surface area (Å²) in [5.74, 6) is 0.269. The molecular weight excluding hydrogens is 280 g/mol. The molecule has 5 heteroatoms. The first-order valence-electron chi connectivity index (χ1n) is 7.84. The quantitative estimate of drug-likeness (QED) is 0.912. The van der Waals surface area contributed by atoms with Gasteiger partial charge in [0.05, 0.1) is 6.10 Å². The van der Waals surface area contributed by atoms with Crippen LogP contribution in [-0.4, -0.2) is 39.8 Å². The molecule has 1 spiro atoms. The summed E-state index contributed by atoms with van der Waals surface area (Å²) in [7, 11) is 0. The Labute approximate surface area is 131 Å². The first-order chi connectivity index (χ1) is 10.3. The minimum absolute atomic E-state index is 0.199. The number of rotatable bonds is 2. The Morgan fingerprint density at radius 2 is 2.14 bits per heavy atom. The van der Waals surface area contributed by atoms with Gasteiger partial charge in [0.25, 0.3) is 0 Å². The molecule has 2 fully saturated rings. The molecule has 120 valence electrons. The molecule has 0 aromatic carbocycles. The number of aliphatic hydroxyl groups is 1. The summed E-state index contributed by atoms with van der Waals surface area (Å²) in [6.07, 6.45) is 4.68. The highest BCUT2D eigenvalue weighted by Gasteiger charge is 2.55. The van der Waals surface area contributed by atoms with E-state index in [1.807, 2.05) is 32.9 Å². The number of hydrogen-bond donors (Lipinski definition) is 1. The molecule has 1 aliphatic carbocycles. The first kappa shape index (κ1) is 15.3. The average molecular weight is 304 g/mol. The van der Waals surface area contributed by atoms with E-state index in [1.54, 1.807) is 17.3 Å². The summed E-state index contributed by atoms with van der Waals surface area (Å²) in [6.45, 7) is 7.13. The third kappa shape index (κ3) is 2.95.